The first kappa shape index (κ1) is 19.1. The van der Waals surface area contributed by atoms with Crippen molar-refractivity contribution in [2.75, 3.05) is 31.0 Å². The predicted molar refractivity (Wildman–Crippen MR) is 116 cm³/mol. The van der Waals surface area contributed by atoms with Crippen molar-refractivity contribution in [1.29, 1.82) is 0 Å². The molecule has 6 nitrogen and oxygen atoms in total. The molecule has 0 saturated heterocycles. The summed E-state index contributed by atoms with van der Waals surface area (Å²) in [6.45, 7) is 2.97. The van der Waals surface area contributed by atoms with E-state index >= 15 is 0 Å². The normalized spacial score (nSPS) is 15.1. The van der Waals surface area contributed by atoms with E-state index in [0.29, 0.717) is 6.04 Å². The third-order valence-corrected chi connectivity index (χ3v) is 5.23. The standard InChI is InChI=1S/C23H26N4O2/c1-16-14-18-6-4-5-7-19(18)27(16)23-25-13-11-22(26-23)24-12-10-17-8-9-20(28-2)21(15-17)29-3/h4-9,11,13,15-16H,10,12,14H2,1-3H3,(H,24,25,26). The third kappa shape index (κ3) is 3.97. The number of nitrogens with one attached hydrogen (secondary N) is 1. The quantitative estimate of drug-likeness (QED) is 0.651. The maximum absolute atomic E-state index is 5.38. The summed E-state index contributed by atoms with van der Waals surface area (Å²) in [6.07, 6.45) is 3.67. The first-order chi connectivity index (χ1) is 14.2. The Morgan fingerprint density at radius 1 is 1.07 bits per heavy atom. The van der Waals surface area contributed by atoms with Crippen LogP contribution >= 0.6 is 0 Å². The maximum Gasteiger partial charge on any atom is 0.232 e. The zero-order valence-electron chi connectivity index (χ0n) is 17.1. The van der Waals surface area contributed by atoms with Gasteiger partial charge in [-0.1, -0.05) is 24.3 Å². The van der Waals surface area contributed by atoms with Crippen LogP contribution in [0.3, 0.4) is 0 Å². The molecule has 0 fully saturated rings. The fourth-order valence-corrected chi connectivity index (χ4v) is 3.80. The number of hydrogen-bond donors (Lipinski definition) is 1. The van der Waals surface area contributed by atoms with Gasteiger partial charge in [-0.15, -0.1) is 0 Å². The molecule has 1 aliphatic rings. The van der Waals surface area contributed by atoms with E-state index in [1.165, 1.54) is 16.8 Å². The molecule has 0 spiro atoms. The fraction of sp³-hybridized carbons (Fsp3) is 0.304. The molecule has 3 aromatic rings. The molecule has 29 heavy (non-hydrogen) atoms. The van der Waals surface area contributed by atoms with E-state index in [4.69, 9.17) is 14.5 Å². The Morgan fingerprint density at radius 2 is 1.90 bits per heavy atom. The van der Waals surface area contributed by atoms with E-state index in [0.717, 1.165) is 42.7 Å². The van der Waals surface area contributed by atoms with Crippen LogP contribution in [0, 0.1) is 0 Å². The molecule has 0 aliphatic carbocycles. The molecular formula is C23H26N4O2. The van der Waals surface area contributed by atoms with E-state index in [-0.39, 0.29) is 0 Å². The number of methoxy groups -OCH3 is 2. The minimum atomic E-state index is 0.342. The van der Waals surface area contributed by atoms with Gasteiger partial charge in [-0.2, -0.15) is 4.98 Å². The second kappa shape index (κ2) is 8.39. The van der Waals surface area contributed by atoms with Gasteiger partial charge in [0, 0.05) is 24.5 Å². The number of rotatable bonds is 7. The van der Waals surface area contributed by atoms with Gasteiger partial charge in [-0.25, -0.2) is 4.98 Å². The molecule has 1 unspecified atom stereocenters. The highest BCUT2D eigenvalue weighted by atomic mass is 16.5. The Bertz CT molecular complexity index is 992. The van der Waals surface area contributed by atoms with Crippen molar-refractivity contribution in [3.05, 3.63) is 65.9 Å². The smallest absolute Gasteiger partial charge is 0.232 e. The van der Waals surface area contributed by atoms with Gasteiger partial charge >= 0.3 is 0 Å². The molecule has 2 heterocycles. The van der Waals surface area contributed by atoms with E-state index in [1.54, 1.807) is 14.2 Å². The molecule has 1 atom stereocenters. The molecular weight excluding hydrogens is 364 g/mol. The Kier molecular flexibility index (Phi) is 5.51. The van der Waals surface area contributed by atoms with E-state index in [2.05, 4.69) is 52.5 Å². The van der Waals surface area contributed by atoms with Crippen LogP contribution in [0.5, 0.6) is 11.5 Å². The Balaban J connectivity index is 1.44. The fourth-order valence-electron chi connectivity index (χ4n) is 3.80. The van der Waals surface area contributed by atoms with Crippen LogP contribution in [0.1, 0.15) is 18.1 Å². The molecule has 6 heteroatoms. The summed E-state index contributed by atoms with van der Waals surface area (Å²) in [5.74, 6) is 3.05. The highest BCUT2D eigenvalue weighted by Crippen LogP contribution is 2.36. The summed E-state index contributed by atoms with van der Waals surface area (Å²) in [4.78, 5) is 11.5. The summed E-state index contributed by atoms with van der Waals surface area (Å²) < 4.78 is 10.7. The zero-order chi connectivity index (χ0) is 20.2. The molecule has 0 radical (unpaired) electrons. The lowest BCUT2D eigenvalue weighted by Crippen LogP contribution is -2.26. The Labute approximate surface area is 171 Å². The Morgan fingerprint density at radius 3 is 2.72 bits per heavy atom. The van der Waals surface area contributed by atoms with Gasteiger partial charge in [0.15, 0.2) is 11.5 Å². The summed E-state index contributed by atoms with van der Waals surface area (Å²) in [7, 11) is 3.30. The van der Waals surface area contributed by atoms with Crippen molar-refractivity contribution >= 4 is 17.5 Å². The van der Waals surface area contributed by atoms with Gasteiger partial charge in [-0.3, -0.25) is 0 Å². The lowest BCUT2D eigenvalue weighted by Gasteiger charge is -2.23. The minimum Gasteiger partial charge on any atom is -0.493 e. The minimum absolute atomic E-state index is 0.342. The van der Waals surface area contributed by atoms with Gasteiger partial charge in [0.05, 0.1) is 14.2 Å². The highest BCUT2D eigenvalue weighted by molar-refractivity contribution is 5.67. The summed E-state index contributed by atoms with van der Waals surface area (Å²) in [6, 6.07) is 16.7. The van der Waals surface area contributed by atoms with Crippen molar-refractivity contribution < 1.29 is 9.47 Å². The number of fused-ring (bicyclic) bond motifs is 1. The van der Waals surface area contributed by atoms with Gasteiger partial charge < -0.3 is 19.7 Å². The van der Waals surface area contributed by atoms with Crippen LogP contribution in [0.15, 0.2) is 54.7 Å². The molecule has 0 amide bonds. The molecule has 1 N–H and O–H groups in total. The summed E-state index contributed by atoms with van der Waals surface area (Å²) in [5.41, 5.74) is 3.71. The van der Waals surface area contributed by atoms with Crippen LogP contribution in [0.25, 0.3) is 0 Å². The number of para-hydroxylation sites is 1. The summed E-state index contributed by atoms with van der Waals surface area (Å²) >= 11 is 0. The van der Waals surface area contributed by atoms with Crippen molar-refractivity contribution in [2.24, 2.45) is 0 Å². The molecule has 4 rings (SSSR count). The Hall–Kier alpha value is -3.28. The molecule has 1 aromatic heterocycles. The molecule has 150 valence electrons. The highest BCUT2D eigenvalue weighted by Gasteiger charge is 2.28. The SMILES string of the molecule is COc1ccc(CCNc2ccnc(N3c4ccccc4CC3C)n2)cc1OC. The van der Waals surface area contributed by atoms with Gasteiger partial charge in [-0.05, 0) is 55.2 Å². The topological polar surface area (TPSA) is 59.5 Å². The van der Waals surface area contributed by atoms with Crippen molar-refractivity contribution in [2.45, 2.75) is 25.8 Å². The van der Waals surface area contributed by atoms with Crippen LogP contribution in [-0.4, -0.2) is 36.8 Å². The van der Waals surface area contributed by atoms with Crippen molar-refractivity contribution in [1.82, 2.24) is 9.97 Å². The number of anilines is 3. The number of hydrogen-bond acceptors (Lipinski definition) is 6. The van der Waals surface area contributed by atoms with Crippen LogP contribution in [0.4, 0.5) is 17.5 Å². The lowest BCUT2D eigenvalue weighted by atomic mass is 10.1. The molecule has 0 bridgehead atoms. The van der Waals surface area contributed by atoms with Crippen LogP contribution in [0.2, 0.25) is 0 Å². The maximum atomic E-state index is 5.38. The van der Waals surface area contributed by atoms with Gasteiger partial charge in [0.1, 0.15) is 5.82 Å². The van der Waals surface area contributed by atoms with Crippen molar-refractivity contribution in [3.63, 3.8) is 0 Å². The predicted octanol–water partition coefficient (Wildman–Crippen LogP) is 4.23. The zero-order valence-corrected chi connectivity index (χ0v) is 17.1. The second-order valence-electron chi connectivity index (χ2n) is 7.16. The van der Waals surface area contributed by atoms with Gasteiger partial charge in [0.2, 0.25) is 5.95 Å². The van der Waals surface area contributed by atoms with E-state index in [1.807, 2.05) is 24.4 Å². The van der Waals surface area contributed by atoms with E-state index < -0.39 is 0 Å². The van der Waals surface area contributed by atoms with Gasteiger partial charge in [0.25, 0.3) is 0 Å². The average molecular weight is 390 g/mol. The van der Waals surface area contributed by atoms with Crippen LogP contribution < -0.4 is 19.7 Å². The van der Waals surface area contributed by atoms with Crippen molar-refractivity contribution in [3.8, 4) is 11.5 Å². The number of nitrogens with zero attached hydrogens (tertiary/aromatic N) is 3. The number of ether oxygens (including phenoxy) is 2. The molecule has 1 aliphatic heterocycles. The largest absolute Gasteiger partial charge is 0.493 e. The average Bonchev–Trinajstić information content (AvgIpc) is 3.09. The monoisotopic (exact) mass is 390 g/mol. The van der Waals surface area contributed by atoms with E-state index in [9.17, 15) is 0 Å². The first-order valence-corrected chi connectivity index (χ1v) is 9.84. The number of benzene rings is 2. The molecule has 0 saturated carbocycles. The number of aromatic nitrogens is 2. The lowest BCUT2D eigenvalue weighted by molar-refractivity contribution is 0.354. The second-order valence-corrected chi connectivity index (χ2v) is 7.16. The summed E-state index contributed by atoms with van der Waals surface area (Å²) in [5, 5.41) is 3.41. The first-order valence-electron chi connectivity index (χ1n) is 9.84. The van der Waals surface area contributed by atoms with Crippen LogP contribution in [-0.2, 0) is 12.8 Å². The third-order valence-electron chi connectivity index (χ3n) is 5.23. The molecule has 2 aromatic carbocycles.